The molecule has 4 heterocycles. The van der Waals surface area contributed by atoms with E-state index in [1.54, 1.807) is 22.8 Å². The molecule has 1 aromatic carbocycles. The second-order valence-electron chi connectivity index (χ2n) is 8.90. The fourth-order valence-corrected chi connectivity index (χ4v) is 5.39. The average Bonchev–Trinajstić information content (AvgIpc) is 3.42. The number of nitrogens with zero attached hydrogens (tertiary/aromatic N) is 4. The molecule has 0 unspecified atom stereocenters. The lowest BCUT2D eigenvalue weighted by Crippen LogP contribution is -2.40. The number of imidazole rings is 1. The van der Waals surface area contributed by atoms with Gasteiger partial charge in [0, 0.05) is 37.5 Å². The van der Waals surface area contributed by atoms with E-state index in [-0.39, 0.29) is 12.4 Å². The van der Waals surface area contributed by atoms with Crippen molar-refractivity contribution in [1.82, 2.24) is 19.5 Å². The summed E-state index contributed by atoms with van der Waals surface area (Å²) in [6.07, 6.45) is -1.46. The number of carbonyl (C=O) groups is 3. The molecule has 4 atom stereocenters. The fraction of sp³-hybridized carbons (Fsp3) is 0.346. The first-order valence-electron chi connectivity index (χ1n) is 12.2. The Balaban J connectivity index is 1.54. The summed E-state index contributed by atoms with van der Waals surface area (Å²) in [5.41, 5.74) is 1.15. The van der Waals surface area contributed by atoms with Gasteiger partial charge in [0.2, 0.25) is 0 Å². The van der Waals surface area contributed by atoms with Gasteiger partial charge in [0.1, 0.15) is 30.1 Å². The third kappa shape index (κ3) is 5.67. The summed E-state index contributed by atoms with van der Waals surface area (Å²) in [7, 11) is 0. The number of ether oxygens (including phenoxy) is 4. The molecule has 13 nitrogen and oxygen atoms in total. The van der Waals surface area contributed by atoms with Crippen LogP contribution in [0.1, 0.15) is 32.6 Å². The summed E-state index contributed by atoms with van der Waals surface area (Å²) < 4.78 is 29.4. The molecule has 0 radical (unpaired) electrons. The van der Waals surface area contributed by atoms with Gasteiger partial charge in [-0.1, -0.05) is 30.0 Å². The molecular formula is C26H24N4O9S. The van der Waals surface area contributed by atoms with E-state index in [0.29, 0.717) is 27.5 Å². The van der Waals surface area contributed by atoms with Crippen molar-refractivity contribution in [3.63, 3.8) is 0 Å². The lowest BCUT2D eigenvalue weighted by Gasteiger charge is -2.24. The van der Waals surface area contributed by atoms with E-state index in [0.717, 1.165) is 5.39 Å². The summed E-state index contributed by atoms with van der Waals surface area (Å²) >= 11 is 1.20. The van der Waals surface area contributed by atoms with Crippen LogP contribution in [0.25, 0.3) is 22.1 Å². The van der Waals surface area contributed by atoms with Gasteiger partial charge >= 0.3 is 23.5 Å². The maximum atomic E-state index is 12.7. The van der Waals surface area contributed by atoms with E-state index in [4.69, 9.17) is 23.4 Å². The minimum Gasteiger partial charge on any atom is -0.463 e. The number of benzene rings is 1. The van der Waals surface area contributed by atoms with Crippen molar-refractivity contribution in [1.29, 1.82) is 0 Å². The molecule has 1 aliphatic rings. The lowest BCUT2D eigenvalue weighted by molar-refractivity contribution is -0.166. The average molecular weight is 569 g/mol. The van der Waals surface area contributed by atoms with Gasteiger partial charge < -0.3 is 23.4 Å². The lowest BCUT2D eigenvalue weighted by atomic mass is 10.1. The minimum atomic E-state index is -1.14. The Labute approximate surface area is 230 Å². The third-order valence-corrected chi connectivity index (χ3v) is 6.99. The molecule has 0 saturated carbocycles. The highest BCUT2D eigenvalue weighted by Crippen LogP contribution is 2.39. The number of para-hydroxylation sites is 1. The summed E-state index contributed by atoms with van der Waals surface area (Å²) in [5, 5.41) is 1.13. The molecule has 0 aliphatic carbocycles. The highest BCUT2D eigenvalue weighted by Gasteiger charge is 2.51. The van der Waals surface area contributed by atoms with Crippen LogP contribution in [0.15, 0.2) is 57.2 Å². The Bertz CT molecular complexity index is 1650. The molecule has 0 amide bonds. The molecule has 1 aliphatic heterocycles. The first-order chi connectivity index (χ1) is 19.2. The molecule has 14 heteroatoms. The molecule has 5 rings (SSSR count). The number of hydrogen-bond acceptors (Lipinski definition) is 13. The second kappa shape index (κ2) is 11.4. The zero-order valence-corrected chi connectivity index (χ0v) is 22.5. The van der Waals surface area contributed by atoms with E-state index in [1.807, 2.05) is 12.1 Å². The van der Waals surface area contributed by atoms with Crippen LogP contribution in [-0.4, -0.2) is 62.3 Å². The molecule has 3 aromatic heterocycles. The Morgan fingerprint density at radius 1 is 1.05 bits per heavy atom. The van der Waals surface area contributed by atoms with Gasteiger partial charge in [0.15, 0.2) is 29.2 Å². The van der Waals surface area contributed by atoms with Crippen LogP contribution in [0.2, 0.25) is 0 Å². The molecule has 40 heavy (non-hydrogen) atoms. The van der Waals surface area contributed by atoms with Crippen molar-refractivity contribution in [2.45, 2.75) is 56.2 Å². The molecule has 0 N–H and O–H groups in total. The highest BCUT2D eigenvalue weighted by atomic mass is 32.2. The number of carbonyl (C=O) groups excluding carboxylic acids is 3. The van der Waals surface area contributed by atoms with Crippen molar-refractivity contribution >= 4 is 51.8 Å². The van der Waals surface area contributed by atoms with Crippen LogP contribution in [0.5, 0.6) is 0 Å². The van der Waals surface area contributed by atoms with Crippen LogP contribution in [-0.2, 0) is 39.1 Å². The maximum absolute atomic E-state index is 12.7. The minimum absolute atomic E-state index is 0.180. The predicted molar refractivity (Wildman–Crippen MR) is 139 cm³/mol. The van der Waals surface area contributed by atoms with Crippen molar-refractivity contribution < 1.29 is 37.7 Å². The van der Waals surface area contributed by atoms with Gasteiger partial charge in [0.25, 0.3) is 0 Å². The van der Waals surface area contributed by atoms with Gasteiger partial charge in [-0.15, -0.1) is 0 Å². The Hall–Kier alpha value is -4.30. The number of esters is 3. The van der Waals surface area contributed by atoms with E-state index in [1.165, 1.54) is 45.1 Å². The monoisotopic (exact) mass is 568 g/mol. The predicted octanol–water partition coefficient (Wildman–Crippen LogP) is 2.55. The van der Waals surface area contributed by atoms with Crippen molar-refractivity contribution in [2.24, 2.45) is 0 Å². The van der Waals surface area contributed by atoms with E-state index < -0.39 is 48.1 Å². The van der Waals surface area contributed by atoms with E-state index in [2.05, 4.69) is 15.0 Å². The Kier molecular flexibility index (Phi) is 7.80. The van der Waals surface area contributed by atoms with E-state index >= 15 is 0 Å². The quantitative estimate of drug-likeness (QED) is 0.132. The topological polar surface area (TPSA) is 162 Å². The fourth-order valence-electron chi connectivity index (χ4n) is 4.41. The summed E-state index contributed by atoms with van der Waals surface area (Å²) in [4.78, 5) is 61.2. The Morgan fingerprint density at radius 2 is 1.80 bits per heavy atom. The second-order valence-corrected chi connectivity index (χ2v) is 9.84. The van der Waals surface area contributed by atoms with Gasteiger partial charge in [-0.05, 0) is 12.1 Å². The summed E-state index contributed by atoms with van der Waals surface area (Å²) in [5.74, 6) is -1.68. The van der Waals surface area contributed by atoms with Crippen molar-refractivity contribution in [3.05, 3.63) is 58.8 Å². The SMILES string of the molecule is CC(=O)OC[C@H]1O[C@@H](n2c(SCc3cc4ccccc4oc3=O)nc3cncnc32)[C@H](OC(C)=O)[C@@H]1OC(C)=O. The Morgan fingerprint density at radius 3 is 2.55 bits per heavy atom. The molecule has 1 fully saturated rings. The van der Waals surface area contributed by atoms with Crippen LogP contribution in [0.4, 0.5) is 0 Å². The number of hydrogen-bond donors (Lipinski definition) is 0. The van der Waals surface area contributed by atoms with E-state index in [9.17, 15) is 19.2 Å². The third-order valence-electron chi connectivity index (χ3n) is 5.99. The van der Waals surface area contributed by atoms with Gasteiger partial charge in [-0.2, -0.15) is 0 Å². The van der Waals surface area contributed by atoms with Gasteiger partial charge in [0.05, 0.1) is 6.20 Å². The van der Waals surface area contributed by atoms with Gasteiger partial charge in [-0.25, -0.2) is 19.7 Å². The first-order valence-corrected chi connectivity index (χ1v) is 13.2. The zero-order valence-electron chi connectivity index (χ0n) is 21.6. The summed E-state index contributed by atoms with van der Waals surface area (Å²) in [6.45, 7) is 3.39. The molecule has 208 valence electrons. The number of thioether (sulfide) groups is 1. The maximum Gasteiger partial charge on any atom is 0.340 e. The first kappa shape index (κ1) is 27.3. The van der Waals surface area contributed by atoms with Crippen molar-refractivity contribution in [2.75, 3.05) is 6.61 Å². The summed E-state index contributed by atoms with van der Waals surface area (Å²) in [6, 6.07) is 8.92. The number of fused-ring (bicyclic) bond motifs is 2. The number of aromatic nitrogens is 4. The number of rotatable bonds is 8. The molecular weight excluding hydrogens is 544 g/mol. The smallest absolute Gasteiger partial charge is 0.340 e. The molecule has 0 bridgehead atoms. The van der Waals surface area contributed by atoms with Crippen molar-refractivity contribution in [3.8, 4) is 0 Å². The molecule has 0 spiro atoms. The van der Waals surface area contributed by atoms with Crippen LogP contribution in [0, 0.1) is 0 Å². The zero-order chi connectivity index (χ0) is 28.4. The molecule has 1 saturated heterocycles. The van der Waals surface area contributed by atoms with Crippen LogP contribution < -0.4 is 5.63 Å². The highest BCUT2D eigenvalue weighted by molar-refractivity contribution is 7.98. The molecule has 4 aromatic rings. The standard InChI is InChI=1S/C26H24N4O9S/c1-13(31)35-10-20-21(36-14(2)32)22(37-15(3)33)24(38-20)30-23-18(9-27-12-28-23)29-26(30)40-11-17-8-16-6-4-5-7-19(16)39-25(17)34/h4-9,12,20-22,24H,10-11H2,1-3H3/t20-,21-,22-,24-/m1/s1. The largest absolute Gasteiger partial charge is 0.463 e. The normalized spacial score (nSPS) is 20.5. The van der Waals surface area contributed by atoms with Gasteiger partial charge in [-0.3, -0.25) is 19.0 Å². The van der Waals surface area contributed by atoms with Crippen LogP contribution >= 0.6 is 11.8 Å². The van der Waals surface area contributed by atoms with Crippen LogP contribution in [0.3, 0.4) is 0 Å².